The number of rotatable bonds is 4. The first-order valence-electron chi connectivity index (χ1n) is 16.3. The zero-order valence-electron chi connectivity index (χ0n) is 26.7. The van der Waals surface area contributed by atoms with E-state index in [4.69, 9.17) is 0 Å². The third-order valence-electron chi connectivity index (χ3n) is 9.65. The fraction of sp³-hybridized carbons (Fsp3) is 0. The molecule has 9 aromatic rings. The molecule has 0 aliphatic carbocycles. The topological polar surface area (TPSA) is 81.2 Å². The first kappa shape index (κ1) is 28.8. The molecule has 5 nitrogen and oxygen atoms in total. The van der Waals surface area contributed by atoms with Gasteiger partial charge in [0, 0.05) is 32.8 Å². The summed E-state index contributed by atoms with van der Waals surface area (Å²) in [6, 6.07) is 57.8. The second kappa shape index (κ2) is 11.4. The zero-order chi connectivity index (χ0) is 33.8. The van der Waals surface area contributed by atoms with Crippen molar-refractivity contribution in [3.63, 3.8) is 0 Å². The van der Waals surface area contributed by atoms with Crippen molar-refractivity contribution in [3.05, 3.63) is 168 Å². The maximum absolute atomic E-state index is 10.5. The molecule has 0 N–H and O–H groups in total. The molecule has 0 amide bonds. The lowest BCUT2D eigenvalue weighted by Crippen LogP contribution is -2.01. The number of nitriles is 3. The van der Waals surface area contributed by atoms with Gasteiger partial charge in [-0.15, -0.1) is 0 Å². The van der Waals surface area contributed by atoms with Crippen molar-refractivity contribution >= 4 is 43.6 Å². The van der Waals surface area contributed by atoms with Crippen LogP contribution in [0.3, 0.4) is 0 Å². The van der Waals surface area contributed by atoms with E-state index in [1.54, 1.807) is 0 Å². The molecule has 0 radical (unpaired) electrons. The standard InChI is InChI=1S/C45H25N5/c46-26-29-19-24-43-40(25-29)37-14-4-6-18-42(37)50(43)45-32(28-48)10-7-15-38(45)35-12-2-1-11-34(35)30-20-22-33(23-21-30)49-41-17-5-3-13-36(41)39-16-8-9-31(27-47)44(39)49/h1-25H. The summed E-state index contributed by atoms with van der Waals surface area (Å²) in [5, 5.41) is 34.3. The Balaban J connectivity index is 1.25. The highest BCUT2D eigenvalue weighted by molar-refractivity contribution is 6.12. The van der Waals surface area contributed by atoms with Gasteiger partial charge in [0.15, 0.2) is 0 Å². The molecule has 0 atom stereocenters. The van der Waals surface area contributed by atoms with Crippen molar-refractivity contribution in [2.45, 2.75) is 0 Å². The minimum absolute atomic E-state index is 0.555. The van der Waals surface area contributed by atoms with Crippen molar-refractivity contribution in [1.29, 1.82) is 15.8 Å². The van der Waals surface area contributed by atoms with Crippen molar-refractivity contribution in [2.24, 2.45) is 0 Å². The highest BCUT2D eigenvalue weighted by Gasteiger charge is 2.21. The van der Waals surface area contributed by atoms with E-state index in [9.17, 15) is 15.8 Å². The smallest absolute Gasteiger partial charge is 0.101 e. The predicted octanol–water partition coefficient (Wildman–Crippen LogP) is 10.8. The molecule has 230 valence electrons. The Morgan fingerprint density at radius 3 is 1.72 bits per heavy atom. The fourth-order valence-electron chi connectivity index (χ4n) is 7.51. The van der Waals surface area contributed by atoms with E-state index in [2.05, 4.69) is 100 Å². The lowest BCUT2D eigenvalue weighted by atomic mass is 9.92. The van der Waals surface area contributed by atoms with Crippen LogP contribution in [-0.4, -0.2) is 9.13 Å². The van der Waals surface area contributed by atoms with Gasteiger partial charge < -0.3 is 9.13 Å². The van der Waals surface area contributed by atoms with Crippen molar-refractivity contribution in [3.8, 4) is 51.8 Å². The normalized spacial score (nSPS) is 11.1. The summed E-state index contributed by atoms with van der Waals surface area (Å²) in [6.07, 6.45) is 0. The van der Waals surface area contributed by atoms with Crippen LogP contribution in [0.25, 0.3) is 77.2 Å². The lowest BCUT2D eigenvalue weighted by molar-refractivity contribution is 1.17. The molecule has 0 bridgehead atoms. The van der Waals surface area contributed by atoms with Gasteiger partial charge in [0.2, 0.25) is 0 Å². The number of para-hydroxylation sites is 4. The largest absolute Gasteiger partial charge is 0.308 e. The number of hydrogen-bond donors (Lipinski definition) is 0. The molecule has 50 heavy (non-hydrogen) atoms. The average Bonchev–Trinajstić information content (AvgIpc) is 3.70. The molecule has 9 rings (SSSR count). The van der Waals surface area contributed by atoms with Gasteiger partial charge in [-0.25, -0.2) is 0 Å². The Hall–Kier alpha value is -7.39. The molecular formula is C45H25N5. The first-order valence-corrected chi connectivity index (χ1v) is 16.3. The third kappa shape index (κ3) is 4.24. The predicted molar refractivity (Wildman–Crippen MR) is 200 cm³/mol. The number of fused-ring (bicyclic) bond motifs is 6. The maximum Gasteiger partial charge on any atom is 0.101 e. The second-order valence-corrected chi connectivity index (χ2v) is 12.3. The van der Waals surface area contributed by atoms with Crippen LogP contribution in [0, 0.1) is 34.0 Å². The maximum atomic E-state index is 10.5. The minimum Gasteiger partial charge on any atom is -0.308 e. The van der Waals surface area contributed by atoms with Crippen LogP contribution < -0.4 is 0 Å². The van der Waals surface area contributed by atoms with Crippen LogP contribution in [0.4, 0.5) is 0 Å². The highest BCUT2D eigenvalue weighted by atomic mass is 15.0. The van der Waals surface area contributed by atoms with Gasteiger partial charge in [0.05, 0.1) is 50.5 Å². The summed E-state index contributed by atoms with van der Waals surface area (Å²) in [5.74, 6) is 0. The minimum atomic E-state index is 0.555. The van der Waals surface area contributed by atoms with Gasteiger partial charge in [-0.2, -0.15) is 15.8 Å². The Bertz CT molecular complexity index is 2960. The zero-order valence-corrected chi connectivity index (χ0v) is 26.7. The van der Waals surface area contributed by atoms with Crippen LogP contribution in [0.15, 0.2) is 152 Å². The summed E-state index contributed by atoms with van der Waals surface area (Å²) in [5.41, 5.74) is 11.4. The second-order valence-electron chi connectivity index (χ2n) is 12.3. The van der Waals surface area contributed by atoms with Gasteiger partial charge in [0.25, 0.3) is 0 Å². The molecule has 7 aromatic carbocycles. The van der Waals surface area contributed by atoms with Gasteiger partial charge in [-0.1, -0.05) is 97.1 Å². The van der Waals surface area contributed by atoms with E-state index in [1.165, 1.54) is 0 Å². The first-order chi connectivity index (χ1) is 24.7. The van der Waals surface area contributed by atoms with E-state index in [-0.39, 0.29) is 0 Å². The van der Waals surface area contributed by atoms with Gasteiger partial charge >= 0.3 is 0 Å². The third-order valence-corrected chi connectivity index (χ3v) is 9.65. The van der Waals surface area contributed by atoms with E-state index in [0.717, 1.165) is 77.2 Å². The Kier molecular flexibility index (Phi) is 6.56. The molecule has 0 saturated carbocycles. The molecule has 0 fully saturated rings. The van der Waals surface area contributed by atoms with Crippen molar-refractivity contribution < 1.29 is 0 Å². The molecule has 5 heteroatoms. The van der Waals surface area contributed by atoms with Crippen molar-refractivity contribution in [1.82, 2.24) is 9.13 Å². The number of hydrogen-bond acceptors (Lipinski definition) is 3. The van der Waals surface area contributed by atoms with E-state index >= 15 is 0 Å². The van der Waals surface area contributed by atoms with Crippen molar-refractivity contribution in [2.75, 3.05) is 0 Å². The Labute approximate surface area is 287 Å². The quantitative estimate of drug-likeness (QED) is 0.193. The van der Waals surface area contributed by atoms with Crippen LogP contribution >= 0.6 is 0 Å². The average molecular weight is 636 g/mol. The molecule has 2 heterocycles. The van der Waals surface area contributed by atoms with Gasteiger partial charge in [0.1, 0.15) is 12.1 Å². The molecule has 0 aliphatic heterocycles. The van der Waals surface area contributed by atoms with E-state index in [0.29, 0.717) is 16.7 Å². The molecule has 0 aliphatic rings. The summed E-state index contributed by atoms with van der Waals surface area (Å²) in [7, 11) is 0. The summed E-state index contributed by atoms with van der Waals surface area (Å²) >= 11 is 0. The fourth-order valence-corrected chi connectivity index (χ4v) is 7.51. The molecule has 2 aromatic heterocycles. The highest BCUT2D eigenvalue weighted by Crippen LogP contribution is 2.42. The summed E-state index contributed by atoms with van der Waals surface area (Å²) in [6.45, 7) is 0. The van der Waals surface area contributed by atoms with Crippen LogP contribution in [-0.2, 0) is 0 Å². The SMILES string of the molecule is N#Cc1ccc2c(c1)c1ccccc1n2-c1c(C#N)cccc1-c1ccccc1-c1ccc(-n2c3ccccc3c3cccc(C#N)c32)cc1. The van der Waals surface area contributed by atoms with Crippen LogP contribution in [0.2, 0.25) is 0 Å². The Morgan fingerprint density at radius 1 is 0.400 bits per heavy atom. The van der Waals surface area contributed by atoms with Gasteiger partial charge in [-0.3, -0.25) is 0 Å². The summed E-state index contributed by atoms with van der Waals surface area (Å²) in [4.78, 5) is 0. The number of aromatic nitrogens is 2. The monoisotopic (exact) mass is 635 g/mol. The van der Waals surface area contributed by atoms with Gasteiger partial charge in [-0.05, 0) is 71.3 Å². The molecule has 0 spiro atoms. The van der Waals surface area contributed by atoms with E-state index in [1.807, 2.05) is 78.9 Å². The molecule has 0 saturated heterocycles. The van der Waals surface area contributed by atoms with Crippen LogP contribution in [0.5, 0.6) is 0 Å². The number of benzene rings is 7. The molecule has 0 unspecified atom stereocenters. The summed E-state index contributed by atoms with van der Waals surface area (Å²) < 4.78 is 4.34. The lowest BCUT2D eigenvalue weighted by Gasteiger charge is -2.18. The van der Waals surface area contributed by atoms with Crippen LogP contribution in [0.1, 0.15) is 16.7 Å². The molecular weight excluding hydrogens is 611 g/mol. The Morgan fingerprint density at radius 2 is 0.980 bits per heavy atom. The van der Waals surface area contributed by atoms with E-state index < -0.39 is 0 Å². The number of nitrogens with zero attached hydrogens (tertiary/aromatic N) is 5.